The lowest BCUT2D eigenvalue weighted by atomic mass is 9.85. The number of amides is 3. The Morgan fingerprint density at radius 1 is 1.09 bits per heavy atom. The number of ether oxygens (including phenoxy) is 2. The highest BCUT2D eigenvalue weighted by atomic mass is 16.5. The minimum absolute atomic E-state index is 0.122. The number of urea groups is 1. The van der Waals surface area contributed by atoms with Gasteiger partial charge in [0, 0.05) is 0 Å². The van der Waals surface area contributed by atoms with E-state index in [4.69, 9.17) is 9.47 Å². The number of benzene rings is 2. The van der Waals surface area contributed by atoms with Gasteiger partial charge in [-0.3, -0.25) is 9.69 Å². The Labute approximate surface area is 193 Å². The van der Waals surface area contributed by atoms with Crippen molar-refractivity contribution >= 4 is 17.9 Å². The number of unbranched alkanes of at least 4 members (excludes halogenated alkanes) is 1. The van der Waals surface area contributed by atoms with Crippen molar-refractivity contribution in [2.24, 2.45) is 0 Å². The number of esters is 1. The van der Waals surface area contributed by atoms with Gasteiger partial charge in [-0.25, -0.2) is 9.59 Å². The van der Waals surface area contributed by atoms with Crippen LogP contribution in [0.25, 0.3) is 0 Å². The van der Waals surface area contributed by atoms with Crippen LogP contribution >= 0.6 is 0 Å². The monoisotopic (exact) mass is 454 g/mol. The van der Waals surface area contributed by atoms with E-state index < -0.39 is 23.6 Å². The van der Waals surface area contributed by atoms with E-state index in [1.54, 1.807) is 31.2 Å². The molecular weight excluding hydrogens is 424 g/mol. The van der Waals surface area contributed by atoms with Gasteiger partial charge in [0.15, 0.2) is 0 Å². The van der Waals surface area contributed by atoms with Crippen LogP contribution in [0.15, 0.2) is 54.6 Å². The number of hydrogen-bond acceptors (Lipinski definition) is 6. The summed E-state index contributed by atoms with van der Waals surface area (Å²) in [4.78, 5) is 38.8. The Morgan fingerprint density at radius 2 is 1.79 bits per heavy atom. The zero-order valence-corrected chi connectivity index (χ0v) is 19.0. The second-order valence-electron chi connectivity index (χ2n) is 7.93. The van der Waals surface area contributed by atoms with E-state index in [1.807, 2.05) is 37.3 Å². The summed E-state index contributed by atoms with van der Waals surface area (Å²) < 4.78 is 10.5. The summed E-state index contributed by atoms with van der Waals surface area (Å²) in [5.41, 5.74) is -0.00199. The van der Waals surface area contributed by atoms with Gasteiger partial charge >= 0.3 is 12.0 Å². The summed E-state index contributed by atoms with van der Waals surface area (Å²) in [7, 11) is 0. The zero-order chi connectivity index (χ0) is 23.8. The Hall–Kier alpha value is -3.39. The van der Waals surface area contributed by atoms with Gasteiger partial charge in [0.2, 0.25) is 0 Å². The maximum absolute atomic E-state index is 13.4. The molecular formula is C25H30N2O6. The predicted molar refractivity (Wildman–Crippen MR) is 122 cm³/mol. The van der Waals surface area contributed by atoms with Crippen molar-refractivity contribution < 1.29 is 29.0 Å². The number of carbonyl (C=O) groups is 3. The number of aliphatic hydroxyl groups is 1. The first kappa shape index (κ1) is 24.3. The van der Waals surface area contributed by atoms with Crippen LogP contribution in [-0.2, 0) is 15.1 Å². The second-order valence-corrected chi connectivity index (χ2v) is 7.93. The van der Waals surface area contributed by atoms with Crippen molar-refractivity contribution in [3.63, 3.8) is 0 Å². The highest BCUT2D eigenvalue weighted by Crippen LogP contribution is 2.34. The molecule has 0 bridgehead atoms. The van der Waals surface area contributed by atoms with Crippen molar-refractivity contribution in [2.75, 3.05) is 19.8 Å². The quantitative estimate of drug-likeness (QED) is 0.399. The van der Waals surface area contributed by atoms with Crippen LogP contribution in [0, 0.1) is 0 Å². The second kappa shape index (κ2) is 11.0. The fraction of sp³-hybridized carbons (Fsp3) is 0.400. The highest BCUT2D eigenvalue weighted by molar-refractivity contribution is 6.07. The summed E-state index contributed by atoms with van der Waals surface area (Å²) in [6, 6.07) is 15.0. The van der Waals surface area contributed by atoms with Crippen molar-refractivity contribution in [1.82, 2.24) is 10.2 Å². The van der Waals surface area contributed by atoms with Gasteiger partial charge in [0.1, 0.15) is 24.0 Å². The van der Waals surface area contributed by atoms with Crippen molar-refractivity contribution in [2.45, 2.75) is 44.8 Å². The molecule has 2 atom stereocenters. The summed E-state index contributed by atoms with van der Waals surface area (Å²) in [5, 5.41) is 13.3. The lowest BCUT2D eigenvalue weighted by molar-refractivity contribution is -0.133. The summed E-state index contributed by atoms with van der Waals surface area (Å²) >= 11 is 0. The van der Waals surface area contributed by atoms with Gasteiger partial charge in [-0.05, 0) is 43.2 Å². The maximum Gasteiger partial charge on any atom is 0.338 e. The summed E-state index contributed by atoms with van der Waals surface area (Å²) in [6.07, 6.45) is 1.04. The largest absolute Gasteiger partial charge is 0.491 e. The molecule has 3 rings (SSSR count). The number of imide groups is 1. The molecule has 0 aliphatic carbocycles. The fourth-order valence-electron chi connectivity index (χ4n) is 3.82. The Morgan fingerprint density at radius 3 is 2.42 bits per heavy atom. The van der Waals surface area contributed by atoms with Gasteiger partial charge in [0.05, 0.1) is 18.7 Å². The minimum Gasteiger partial charge on any atom is -0.491 e. The molecule has 1 fully saturated rings. The van der Waals surface area contributed by atoms with Crippen LogP contribution in [0.5, 0.6) is 5.75 Å². The van der Waals surface area contributed by atoms with Crippen LogP contribution in [-0.4, -0.2) is 53.8 Å². The number of hydrogen-bond donors (Lipinski definition) is 2. The van der Waals surface area contributed by atoms with Gasteiger partial charge in [-0.1, -0.05) is 50.1 Å². The molecule has 2 unspecified atom stereocenters. The van der Waals surface area contributed by atoms with E-state index >= 15 is 0 Å². The average Bonchev–Trinajstić information content (AvgIpc) is 3.07. The van der Waals surface area contributed by atoms with Crippen molar-refractivity contribution in [3.05, 3.63) is 65.7 Å². The molecule has 3 amide bonds. The molecule has 1 saturated heterocycles. The molecule has 0 aromatic heterocycles. The number of nitrogens with zero attached hydrogens (tertiary/aromatic N) is 1. The number of carbonyl (C=O) groups excluding carboxylic acids is 3. The lowest BCUT2D eigenvalue weighted by Gasteiger charge is -2.27. The number of β-amino-alcohol motifs (C(OH)–C–C–N with tert-alkyl or cyclic N) is 1. The Bertz CT molecular complexity index is 963. The molecule has 2 aromatic carbocycles. The van der Waals surface area contributed by atoms with E-state index in [9.17, 15) is 19.5 Å². The Kier molecular flexibility index (Phi) is 8.06. The smallest absolute Gasteiger partial charge is 0.338 e. The van der Waals surface area contributed by atoms with Crippen LogP contribution in [0.4, 0.5) is 4.79 Å². The molecule has 8 heteroatoms. The first-order valence-electron chi connectivity index (χ1n) is 11.2. The third-order valence-corrected chi connectivity index (χ3v) is 5.55. The van der Waals surface area contributed by atoms with Gasteiger partial charge in [0.25, 0.3) is 5.91 Å². The van der Waals surface area contributed by atoms with E-state index in [2.05, 4.69) is 5.32 Å². The third-order valence-electron chi connectivity index (χ3n) is 5.55. The minimum atomic E-state index is -1.13. The van der Waals surface area contributed by atoms with E-state index in [-0.39, 0.29) is 25.7 Å². The zero-order valence-electron chi connectivity index (χ0n) is 19.0. The normalized spacial score (nSPS) is 18.7. The average molecular weight is 455 g/mol. The van der Waals surface area contributed by atoms with Crippen molar-refractivity contribution in [3.8, 4) is 5.75 Å². The fourth-order valence-corrected chi connectivity index (χ4v) is 3.82. The summed E-state index contributed by atoms with van der Waals surface area (Å²) in [6.45, 7) is 3.74. The molecule has 0 saturated carbocycles. The maximum atomic E-state index is 13.4. The molecule has 2 N–H and O–H groups in total. The summed E-state index contributed by atoms with van der Waals surface area (Å²) in [5.74, 6) is -0.349. The molecule has 1 aliphatic rings. The molecule has 176 valence electrons. The van der Waals surface area contributed by atoms with E-state index in [0.29, 0.717) is 17.7 Å². The molecule has 8 nitrogen and oxygen atoms in total. The third kappa shape index (κ3) is 5.51. The van der Waals surface area contributed by atoms with Crippen molar-refractivity contribution in [1.29, 1.82) is 0 Å². The number of aliphatic hydroxyl groups excluding tert-OH is 1. The Balaban J connectivity index is 1.63. The first-order valence-corrected chi connectivity index (χ1v) is 11.2. The van der Waals surface area contributed by atoms with Gasteiger partial charge in [-0.2, -0.15) is 0 Å². The molecule has 2 aromatic rings. The van der Waals surface area contributed by atoms with Crippen LogP contribution in [0.1, 0.15) is 49.0 Å². The van der Waals surface area contributed by atoms with Gasteiger partial charge in [-0.15, -0.1) is 0 Å². The number of rotatable bonds is 11. The topological polar surface area (TPSA) is 105 Å². The van der Waals surface area contributed by atoms with E-state index in [0.717, 1.165) is 23.3 Å². The molecule has 1 heterocycles. The molecule has 1 aliphatic heterocycles. The van der Waals surface area contributed by atoms with Crippen LogP contribution in [0.3, 0.4) is 0 Å². The SMILES string of the molecule is CCCCC1(c2ccccc2)NC(=O)N(CC(O)COc2ccc(C(=O)OCC)cc2)C1=O. The standard InChI is InChI=1S/C25H30N2O6/c1-3-5-15-25(19-9-7-6-8-10-19)23(30)27(24(31)26-25)16-20(28)17-33-21-13-11-18(12-14-21)22(29)32-4-2/h6-14,20,28H,3-5,15-17H2,1-2H3,(H,26,31). The van der Waals surface area contributed by atoms with Crippen LogP contribution < -0.4 is 10.1 Å². The van der Waals surface area contributed by atoms with Gasteiger partial charge < -0.3 is 19.9 Å². The lowest BCUT2D eigenvalue weighted by Crippen LogP contribution is -2.45. The van der Waals surface area contributed by atoms with E-state index in [1.165, 1.54) is 0 Å². The predicted octanol–water partition coefficient (Wildman–Crippen LogP) is 3.24. The molecule has 33 heavy (non-hydrogen) atoms. The van der Waals surface area contributed by atoms with Crippen LogP contribution in [0.2, 0.25) is 0 Å². The molecule has 0 radical (unpaired) electrons. The molecule has 0 spiro atoms. The highest BCUT2D eigenvalue weighted by Gasteiger charge is 2.52. The number of nitrogens with one attached hydrogen (secondary N) is 1. The first-order chi connectivity index (χ1) is 15.9.